The van der Waals surface area contributed by atoms with Crippen molar-refractivity contribution in [3.63, 3.8) is 0 Å². The Kier molecular flexibility index (Phi) is 9.68. The van der Waals surface area contributed by atoms with Crippen molar-refractivity contribution in [1.29, 1.82) is 0 Å². The summed E-state index contributed by atoms with van der Waals surface area (Å²) in [5.74, 6) is 0.837. The number of halogens is 1. The van der Waals surface area contributed by atoms with Crippen molar-refractivity contribution < 1.29 is 14.3 Å². The van der Waals surface area contributed by atoms with Gasteiger partial charge in [-0.1, -0.05) is 30.9 Å². The zero-order chi connectivity index (χ0) is 17.8. The van der Waals surface area contributed by atoms with Crippen LogP contribution in [0.2, 0.25) is 5.02 Å². The topological polar surface area (TPSA) is 85.9 Å². The lowest BCUT2D eigenvalue weighted by molar-refractivity contribution is -0.140. The van der Waals surface area contributed by atoms with Crippen molar-refractivity contribution in [3.8, 4) is 5.75 Å². The monoisotopic (exact) mass is 355 g/mol. The molecule has 0 unspecified atom stereocenters. The van der Waals surface area contributed by atoms with Gasteiger partial charge in [0.15, 0.2) is 5.96 Å². The lowest BCUT2D eigenvalue weighted by atomic mass is 10.1. The first-order valence-electron chi connectivity index (χ1n) is 8.04. The number of methoxy groups -OCH3 is 2. The average molecular weight is 356 g/mol. The number of anilines is 1. The summed E-state index contributed by atoms with van der Waals surface area (Å²) in [6.07, 6.45) is 5.49. The summed E-state index contributed by atoms with van der Waals surface area (Å²) in [5, 5.41) is 3.52. The second-order valence-electron chi connectivity index (χ2n) is 5.34. The molecule has 0 amide bonds. The van der Waals surface area contributed by atoms with Gasteiger partial charge in [-0.2, -0.15) is 0 Å². The maximum absolute atomic E-state index is 11.0. The highest BCUT2D eigenvalue weighted by Crippen LogP contribution is 2.26. The highest BCUT2D eigenvalue weighted by Gasteiger charge is 2.02. The number of aliphatic imine (C=N–C) groups is 1. The van der Waals surface area contributed by atoms with Gasteiger partial charge in [-0.25, -0.2) is 0 Å². The van der Waals surface area contributed by atoms with E-state index in [0.717, 1.165) is 37.8 Å². The third kappa shape index (κ3) is 8.06. The minimum atomic E-state index is -0.142. The molecule has 0 saturated carbocycles. The molecule has 7 heteroatoms. The van der Waals surface area contributed by atoms with Crippen molar-refractivity contribution in [1.82, 2.24) is 0 Å². The third-order valence-electron chi connectivity index (χ3n) is 3.47. The molecule has 0 aliphatic heterocycles. The highest BCUT2D eigenvalue weighted by molar-refractivity contribution is 6.32. The second kappa shape index (κ2) is 11.6. The molecule has 134 valence electrons. The maximum Gasteiger partial charge on any atom is 0.305 e. The van der Waals surface area contributed by atoms with Gasteiger partial charge >= 0.3 is 5.97 Å². The van der Waals surface area contributed by atoms with Crippen LogP contribution in [0.4, 0.5) is 5.69 Å². The molecule has 0 heterocycles. The smallest absolute Gasteiger partial charge is 0.305 e. The molecule has 1 rings (SSSR count). The summed E-state index contributed by atoms with van der Waals surface area (Å²) in [6.45, 7) is 0.666. The van der Waals surface area contributed by atoms with Crippen LogP contribution < -0.4 is 15.8 Å². The Morgan fingerprint density at radius 1 is 1.21 bits per heavy atom. The number of esters is 1. The fourth-order valence-corrected chi connectivity index (χ4v) is 2.40. The van der Waals surface area contributed by atoms with E-state index in [-0.39, 0.29) is 5.97 Å². The molecule has 6 nitrogen and oxygen atoms in total. The van der Waals surface area contributed by atoms with Gasteiger partial charge in [-0.15, -0.1) is 0 Å². The average Bonchev–Trinajstić information content (AvgIpc) is 2.57. The number of unbranched alkanes of at least 4 members (excludes halogenated alkanes) is 4. The molecule has 0 radical (unpaired) electrons. The Labute approximate surface area is 148 Å². The number of hydrogen-bond acceptors (Lipinski definition) is 4. The van der Waals surface area contributed by atoms with Gasteiger partial charge in [0.1, 0.15) is 5.75 Å². The van der Waals surface area contributed by atoms with Crippen molar-refractivity contribution >= 4 is 29.2 Å². The minimum Gasteiger partial charge on any atom is -0.495 e. The van der Waals surface area contributed by atoms with Crippen LogP contribution in [0.5, 0.6) is 5.75 Å². The van der Waals surface area contributed by atoms with Gasteiger partial charge in [0, 0.05) is 18.7 Å². The number of carbonyl (C=O) groups excluding carboxylic acids is 1. The minimum absolute atomic E-state index is 0.142. The summed E-state index contributed by atoms with van der Waals surface area (Å²) in [7, 11) is 2.98. The molecule has 1 aromatic rings. The quantitative estimate of drug-likeness (QED) is 0.290. The van der Waals surface area contributed by atoms with Gasteiger partial charge in [-0.3, -0.25) is 9.79 Å². The fraction of sp³-hybridized carbons (Fsp3) is 0.529. The molecule has 0 bridgehead atoms. The fourth-order valence-electron chi connectivity index (χ4n) is 2.14. The molecule has 0 atom stereocenters. The SMILES string of the molecule is COC(=O)CCCCCCCN=C(N)Nc1ccc(OC)c(Cl)c1. The molecular weight excluding hydrogens is 330 g/mol. The molecule has 0 aliphatic carbocycles. The summed E-state index contributed by atoms with van der Waals surface area (Å²) in [5.41, 5.74) is 6.62. The Balaban J connectivity index is 2.18. The van der Waals surface area contributed by atoms with E-state index in [1.54, 1.807) is 19.2 Å². The van der Waals surface area contributed by atoms with Crippen LogP contribution in [-0.4, -0.2) is 32.7 Å². The van der Waals surface area contributed by atoms with Gasteiger partial charge in [0.05, 0.1) is 19.2 Å². The van der Waals surface area contributed by atoms with Crippen molar-refractivity contribution in [3.05, 3.63) is 23.2 Å². The Morgan fingerprint density at radius 3 is 2.58 bits per heavy atom. The Morgan fingerprint density at radius 2 is 1.92 bits per heavy atom. The molecule has 0 spiro atoms. The maximum atomic E-state index is 11.0. The van der Waals surface area contributed by atoms with E-state index in [9.17, 15) is 4.79 Å². The lowest BCUT2D eigenvalue weighted by Gasteiger charge is -2.08. The largest absolute Gasteiger partial charge is 0.495 e. The normalized spacial score (nSPS) is 11.2. The standard InChI is InChI=1S/C17H26ClN3O3/c1-23-15-10-9-13(12-14(15)18)21-17(19)20-11-7-5-3-4-6-8-16(22)24-2/h9-10,12H,3-8,11H2,1-2H3,(H3,19,20,21). The summed E-state index contributed by atoms with van der Waals surface area (Å²) >= 11 is 6.05. The van der Waals surface area contributed by atoms with Gasteiger partial charge in [-0.05, 0) is 31.0 Å². The number of nitrogens with two attached hydrogens (primary N) is 1. The van der Waals surface area contributed by atoms with E-state index in [4.69, 9.17) is 22.1 Å². The van der Waals surface area contributed by atoms with E-state index < -0.39 is 0 Å². The molecule has 1 aromatic carbocycles. The number of carbonyl (C=O) groups is 1. The highest BCUT2D eigenvalue weighted by atomic mass is 35.5. The summed E-state index contributed by atoms with van der Waals surface area (Å²) < 4.78 is 9.70. The number of nitrogens with one attached hydrogen (secondary N) is 1. The number of hydrogen-bond donors (Lipinski definition) is 2. The van der Waals surface area contributed by atoms with E-state index in [0.29, 0.717) is 29.7 Å². The van der Waals surface area contributed by atoms with Crippen LogP contribution in [0.3, 0.4) is 0 Å². The third-order valence-corrected chi connectivity index (χ3v) is 3.77. The Bertz CT molecular complexity index is 550. The molecular formula is C17H26ClN3O3. The molecule has 0 saturated heterocycles. The van der Waals surface area contributed by atoms with E-state index in [2.05, 4.69) is 15.0 Å². The first-order chi connectivity index (χ1) is 11.6. The van der Waals surface area contributed by atoms with Gasteiger partial charge < -0.3 is 20.5 Å². The number of benzene rings is 1. The Hall–Kier alpha value is -1.95. The summed E-state index contributed by atoms with van der Waals surface area (Å²) in [6, 6.07) is 5.34. The predicted octanol–water partition coefficient (Wildman–Crippen LogP) is 3.59. The molecule has 24 heavy (non-hydrogen) atoms. The predicted molar refractivity (Wildman–Crippen MR) is 97.8 cm³/mol. The van der Waals surface area contributed by atoms with Crippen LogP contribution in [-0.2, 0) is 9.53 Å². The lowest BCUT2D eigenvalue weighted by Crippen LogP contribution is -2.22. The van der Waals surface area contributed by atoms with Crippen LogP contribution in [0.1, 0.15) is 38.5 Å². The van der Waals surface area contributed by atoms with E-state index >= 15 is 0 Å². The van der Waals surface area contributed by atoms with Gasteiger partial charge in [0.2, 0.25) is 0 Å². The zero-order valence-electron chi connectivity index (χ0n) is 14.3. The second-order valence-corrected chi connectivity index (χ2v) is 5.74. The van der Waals surface area contributed by atoms with Crippen molar-refractivity contribution in [2.75, 3.05) is 26.1 Å². The number of rotatable bonds is 10. The van der Waals surface area contributed by atoms with Crippen molar-refractivity contribution in [2.24, 2.45) is 10.7 Å². The van der Waals surface area contributed by atoms with E-state index in [1.807, 2.05) is 6.07 Å². The molecule has 0 aromatic heterocycles. The number of ether oxygens (including phenoxy) is 2. The first kappa shape index (κ1) is 20.1. The molecule has 3 N–H and O–H groups in total. The first-order valence-corrected chi connectivity index (χ1v) is 8.42. The van der Waals surface area contributed by atoms with Gasteiger partial charge in [0.25, 0.3) is 0 Å². The van der Waals surface area contributed by atoms with Crippen LogP contribution >= 0.6 is 11.6 Å². The summed E-state index contributed by atoms with van der Waals surface area (Å²) in [4.78, 5) is 15.2. The molecule has 0 fully saturated rings. The number of nitrogens with zero attached hydrogens (tertiary/aromatic N) is 1. The van der Waals surface area contributed by atoms with Crippen LogP contribution in [0.15, 0.2) is 23.2 Å². The van der Waals surface area contributed by atoms with Crippen LogP contribution in [0.25, 0.3) is 0 Å². The van der Waals surface area contributed by atoms with E-state index in [1.165, 1.54) is 7.11 Å². The number of guanidine groups is 1. The molecule has 0 aliphatic rings. The van der Waals surface area contributed by atoms with Crippen LogP contribution in [0, 0.1) is 0 Å². The van der Waals surface area contributed by atoms with Crippen molar-refractivity contribution in [2.45, 2.75) is 38.5 Å². The zero-order valence-corrected chi connectivity index (χ0v) is 15.1.